The SMILES string of the molecule is COc1cc2ncc(C#N)c(Nc3ccc(Oc4cccc(F)c4)c(OC)c3)c2cc1OC. The molecule has 0 fully saturated rings. The number of benzene rings is 3. The zero-order chi connectivity index (χ0) is 23.4. The number of methoxy groups -OCH3 is 3. The van der Waals surface area contributed by atoms with Crippen LogP contribution in [0.1, 0.15) is 5.56 Å². The maximum absolute atomic E-state index is 13.5. The predicted molar refractivity (Wildman–Crippen MR) is 122 cm³/mol. The summed E-state index contributed by atoms with van der Waals surface area (Å²) in [6.45, 7) is 0. The van der Waals surface area contributed by atoms with Crippen LogP contribution in [0, 0.1) is 17.1 Å². The normalized spacial score (nSPS) is 10.4. The van der Waals surface area contributed by atoms with Crippen LogP contribution in [0.5, 0.6) is 28.7 Å². The van der Waals surface area contributed by atoms with Crippen LogP contribution in [0.2, 0.25) is 0 Å². The smallest absolute Gasteiger partial charge is 0.169 e. The Morgan fingerprint density at radius 1 is 0.879 bits per heavy atom. The minimum Gasteiger partial charge on any atom is -0.493 e. The highest BCUT2D eigenvalue weighted by Gasteiger charge is 2.15. The minimum atomic E-state index is -0.398. The van der Waals surface area contributed by atoms with Gasteiger partial charge in [-0.2, -0.15) is 5.26 Å². The number of hydrogen-bond acceptors (Lipinski definition) is 7. The van der Waals surface area contributed by atoms with Gasteiger partial charge in [0, 0.05) is 35.5 Å². The Morgan fingerprint density at radius 2 is 1.61 bits per heavy atom. The van der Waals surface area contributed by atoms with Crippen LogP contribution in [-0.2, 0) is 0 Å². The molecule has 3 aromatic carbocycles. The van der Waals surface area contributed by atoms with Crippen molar-refractivity contribution >= 4 is 22.3 Å². The third-order valence-electron chi connectivity index (χ3n) is 4.95. The van der Waals surface area contributed by atoms with Crippen molar-refractivity contribution in [3.63, 3.8) is 0 Å². The fraction of sp³-hybridized carbons (Fsp3) is 0.120. The monoisotopic (exact) mass is 445 g/mol. The molecule has 0 aliphatic carbocycles. The number of fused-ring (bicyclic) bond motifs is 1. The van der Waals surface area contributed by atoms with Crippen molar-refractivity contribution in [2.75, 3.05) is 26.6 Å². The number of nitrogens with zero attached hydrogens (tertiary/aromatic N) is 2. The third kappa shape index (κ3) is 4.43. The van der Waals surface area contributed by atoms with Gasteiger partial charge in [0.25, 0.3) is 0 Å². The molecule has 0 spiro atoms. The summed E-state index contributed by atoms with van der Waals surface area (Å²) in [6.07, 6.45) is 1.50. The number of anilines is 2. The Balaban J connectivity index is 1.73. The molecule has 0 saturated carbocycles. The third-order valence-corrected chi connectivity index (χ3v) is 4.95. The van der Waals surface area contributed by atoms with Crippen molar-refractivity contribution in [1.29, 1.82) is 5.26 Å². The minimum absolute atomic E-state index is 0.349. The van der Waals surface area contributed by atoms with Gasteiger partial charge in [-0.15, -0.1) is 0 Å². The lowest BCUT2D eigenvalue weighted by Crippen LogP contribution is -1.99. The Bertz CT molecular complexity index is 1370. The van der Waals surface area contributed by atoms with E-state index in [4.69, 9.17) is 18.9 Å². The summed E-state index contributed by atoms with van der Waals surface area (Å²) in [4.78, 5) is 4.37. The second-order valence-corrected chi connectivity index (χ2v) is 6.93. The number of rotatable bonds is 7. The largest absolute Gasteiger partial charge is 0.493 e. The predicted octanol–water partition coefficient (Wildman–Crippen LogP) is 5.81. The second kappa shape index (κ2) is 9.32. The molecule has 7 nitrogen and oxygen atoms in total. The van der Waals surface area contributed by atoms with Gasteiger partial charge in [0.1, 0.15) is 17.6 Å². The van der Waals surface area contributed by atoms with Crippen molar-refractivity contribution in [3.8, 4) is 34.8 Å². The van der Waals surface area contributed by atoms with Crippen LogP contribution < -0.4 is 24.3 Å². The lowest BCUT2D eigenvalue weighted by atomic mass is 10.1. The summed E-state index contributed by atoms with van der Waals surface area (Å²) in [5.74, 6) is 1.85. The maximum atomic E-state index is 13.5. The van der Waals surface area contributed by atoms with E-state index in [-0.39, 0.29) is 0 Å². The highest BCUT2D eigenvalue weighted by Crippen LogP contribution is 2.39. The Labute approximate surface area is 189 Å². The zero-order valence-electron chi connectivity index (χ0n) is 18.2. The first-order chi connectivity index (χ1) is 16.1. The summed E-state index contributed by atoms with van der Waals surface area (Å²) in [7, 11) is 4.60. The Morgan fingerprint density at radius 3 is 2.30 bits per heavy atom. The van der Waals surface area contributed by atoms with Crippen LogP contribution in [-0.4, -0.2) is 26.3 Å². The van der Waals surface area contributed by atoms with Gasteiger partial charge in [-0.05, 0) is 30.3 Å². The van der Waals surface area contributed by atoms with Crippen molar-refractivity contribution in [2.24, 2.45) is 0 Å². The average Bonchev–Trinajstić information content (AvgIpc) is 2.84. The van der Waals surface area contributed by atoms with Crippen LogP contribution in [0.25, 0.3) is 10.9 Å². The van der Waals surface area contributed by atoms with E-state index in [0.717, 1.165) is 0 Å². The maximum Gasteiger partial charge on any atom is 0.169 e. The molecule has 0 unspecified atom stereocenters. The van der Waals surface area contributed by atoms with Crippen LogP contribution >= 0.6 is 0 Å². The van der Waals surface area contributed by atoms with E-state index in [1.54, 1.807) is 56.7 Å². The lowest BCUT2D eigenvalue weighted by Gasteiger charge is -2.16. The molecule has 0 bridgehead atoms. The number of hydrogen-bond donors (Lipinski definition) is 1. The van der Waals surface area contributed by atoms with E-state index in [1.165, 1.54) is 25.4 Å². The van der Waals surface area contributed by atoms with Crippen LogP contribution in [0.4, 0.5) is 15.8 Å². The Kier molecular flexibility index (Phi) is 6.13. The molecule has 0 saturated heterocycles. The molecule has 4 rings (SSSR count). The van der Waals surface area contributed by atoms with Gasteiger partial charge in [0.05, 0.1) is 38.1 Å². The molecular weight excluding hydrogens is 425 g/mol. The molecule has 0 aliphatic heterocycles. The molecule has 0 amide bonds. The summed E-state index contributed by atoms with van der Waals surface area (Å²) in [6, 6.07) is 16.7. The summed E-state index contributed by atoms with van der Waals surface area (Å²) in [5.41, 5.74) is 2.20. The summed E-state index contributed by atoms with van der Waals surface area (Å²) in [5, 5.41) is 13.6. The number of pyridine rings is 1. The quantitative estimate of drug-likeness (QED) is 0.384. The van der Waals surface area contributed by atoms with Crippen LogP contribution in [0.3, 0.4) is 0 Å². The fourth-order valence-electron chi connectivity index (χ4n) is 3.37. The van der Waals surface area contributed by atoms with Gasteiger partial charge in [0.15, 0.2) is 23.0 Å². The molecule has 0 atom stereocenters. The van der Waals surface area contributed by atoms with Gasteiger partial charge in [-0.1, -0.05) is 6.07 Å². The van der Waals surface area contributed by atoms with E-state index in [0.29, 0.717) is 56.6 Å². The highest BCUT2D eigenvalue weighted by atomic mass is 19.1. The molecule has 166 valence electrons. The van der Waals surface area contributed by atoms with Crippen LogP contribution in [0.15, 0.2) is 60.8 Å². The number of nitrogens with one attached hydrogen (secondary N) is 1. The second-order valence-electron chi connectivity index (χ2n) is 6.93. The molecule has 33 heavy (non-hydrogen) atoms. The summed E-state index contributed by atoms with van der Waals surface area (Å²) >= 11 is 0. The number of halogens is 1. The van der Waals surface area contributed by atoms with Crippen molar-refractivity contribution in [1.82, 2.24) is 4.98 Å². The number of aromatic nitrogens is 1. The van der Waals surface area contributed by atoms with Gasteiger partial charge < -0.3 is 24.3 Å². The molecule has 1 aromatic heterocycles. The first-order valence-corrected chi connectivity index (χ1v) is 9.89. The molecule has 0 aliphatic rings. The standard InChI is InChI=1S/C25H20FN3O4/c1-30-22-10-17(7-8-21(22)33-18-6-4-5-16(26)9-18)29-25-15(13-27)14-28-20-12-24(32-3)23(31-2)11-19(20)25/h4-12,14H,1-3H3,(H,28,29). The van der Waals surface area contributed by atoms with Gasteiger partial charge >= 0.3 is 0 Å². The highest BCUT2D eigenvalue weighted by molar-refractivity contribution is 5.97. The molecule has 8 heteroatoms. The molecular formula is C25H20FN3O4. The van der Waals surface area contributed by atoms with Crippen molar-refractivity contribution in [2.45, 2.75) is 0 Å². The zero-order valence-corrected chi connectivity index (χ0v) is 18.2. The average molecular weight is 445 g/mol. The molecule has 0 radical (unpaired) electrons. The lowest BCUT2D eigenvalue weighted by molar-refractivity contribution is 0.356. The van der Waals surface area contributed by atoms with E-state index in [1.807, 2.05) is 0 Å². The van der Waals surface area contributed by atoms with Gasteiger partial charge in [-0.3, -0.25) is 4.98 Å². The van der Waals surface area contributed by atoms with Gasteiger partial charge in [-0.25, -0.2) is 4.39 Å². The topological polar surface area (TPSA) is 85.6 Å². The number of nitriles is 1. The number of ether oxygens (including phenoxy) is 4. The molecule has 1 heterocycles. The van der Waals surface area contributed by atoms with Crippen molar-refractivity contribution < 1.29 is 23.3 Å². The fourth-order valence-corrected chi connectivity index (χ4v) is 3.37. The first kappa shape index (κ1) is 21.7. The van der Waals surface area contributed by atoms with E-state index < -0.39 is 5.82 Å². The van der Waals surface area contributed by atoms with Crippen molar-refractivity contribution in [3.05, 3.63) is 72.2 Å². The van der Waals surface area contributed by atoms with E-state index in [2.05, 4.69) is 16.4 Å². The molecule has 1 N–H and O–H groups in total. The summed E-state index contributed by atoms with van der Waals surface area (Å²) < 4.78 is 35.5. The molecule has 4 aromatic rings. The first-order valence-electron chi connectivity index (χ1n) is 9.89. The van der Waals surface area contributed by atoms with E-state index in [9.17, 15) is 9.65 Å². The van der Waals surface area contributed by atoms with E-state index >= 15 is 0 Å². The van der Waals surface area contributed by atoms with Gasteiger partial charge in [0.2, 0.25) is 0 Å². The Hall–Kier alpha value is -4.51.